The number of rotatable bonds is 5. The third kappa shape index (κ3) is 4.19. The van der Waals surface area contributed by atoms with Crippen LogP contribution in [0.5, 0.6) is 0 Å². The van der Waals surface area contributed by atoms with E-state index < -0.39 is 21.8 Å². The summed E-state index contributed by atoms with van der Waals surface area (Å²) < 4.78 is 23.8. The lowest BCUT2D eigenvalue weighted by molar-refractivity contribution is -0.122. The number of nitrogens with one attached hydrogen (secondary N) is 2. The van der Waals surface area contributed by atoms with Gasteiger partial charge in [-0.3, -0.25) is 9.59 Å². The minimum Gasteiger partial charge on any atom is -0.354 e. The van der Waals surface area contributed by atoms with Gasteiger partial charge >= 0.3 is 0 Å². The largest absolute Gasteiger partial charge is 0.354 e. The van der Waals surface area contributed by atoms with Crippen LogP contribution in [0.4, 0.5) is 0 Å². The van der Waals surface area contributed by atoms with Crippen LogP contribution in [0, 0.1) is 5.92 Å². The van der Waals surface area contributed by atoms with E-state index in [1.54, 1.807) is 6.92 Å². The molecule has 2 N–H and O–H groups in total. The van der Waals surface area contributed by atoms with E-state index in [1.807, 2.05) is 24.3 Å². The van der Waals surface area contributed by atoms with Gasteiger partial charge in [0, 0.05) is 16.6 Å². The lowest BCUT2D eigenvalue weighted by Gasteiger charge is -2.15. The topological polar surface area (TPSA) is 92.3 Å². The summed E-state index contributed by atoms with van der Waals surface area (Å²) in [4.78, 5) is 25.0. The zero-order valence-corrected chi connectivity index (χ0v) is 16.5. The van der Waals surface area contributed by atoms with E-state index in [-0.39, 0.29) is 23.3 Å². The van der Waals surface area contributed by atoms with Gasteiger partial charge in [0.1, 0.15) is 10.9 Å². The Balaban J connectivity index is 1.58. The molecule has 0 spiro atoms. The first-order chi connectivity index (χ1) is 12.3. The van der Waals surface area contributed by atoms with Crippen molar-refractivity contribution in [3.05, 3.63) is 34.2 Å². The van der Waals surface area contributed by atoms with Crippen molar-refractivity contribution in [2.24, 2.45) is 5.92 Å². The fourth-order valence-electron chi connectivity index (χ4n) is 2.92. The zero-order valence-electron chi connectivity index (χ0n) is 14.1. The second-order valence-electron chi connectivity index (χ2n) is 6.45. The van der Waals surface area contributed by atoms with Crippen LogP contribution in [0.25, 0.3) is 10.1 Å². The molecule has 1 fully saturated rings. The smallest absolute Gasteiger partial charge is 0.263 e. The fourth-order valence-corrected chi connectivity index (χ4v) is 6.20. The summed E-state index contributed by atoms with van der Waals surface area (Å²) in [6, 6.07) is 6.70. The normalized spacial score (nSPS) is 20.0. The average Bonchev–Trinajstić information content (AvgIpc) is 3.12. The average molecular weight is 415 g/mol. The van der Waals surface area contributed by atoms with Gasteiger partial charge in [0.15, 0.2) is 9.84 Å². The Labute approximate surface area is 160 Å². The van der Waals surface area contributed by atoms with Crippen LogP contribution in [0.2, 0.25) is 5.02 Å². The highest BCUT2D eigenvalue weighted by Gasteiger charge is 2.28. The maximum Gasteiger partial charge on any atom is 0.263 e. The number of hydrogen-bond acceptors (Lipinski definition) is 5. The second-order valence-corrected chi connectivity index (χ2v) is 10.1. The molecule has 1 aromatic carbocycles. The highest BCUT2D eigenvalue weighted by molar-refractivity contribution is 7.91. The van der Waals surface area contributed by atoms with Crippen LogP contribution in [0.3, 0.4) is 0 Å². The van der Waals surface area contributed by atoms with Crippen LogP contribution < -0.4 is 10.6 Å². The molecule has 2 atom stereocenters. The summed E-state index contributed by atoms with van der Waals surface area (Å²) in [6.45, 7) is 1.88. The first kappa shape index (κ1) is 19.1. The first-order valence-electron chi connectivity index (χ1n) is 8.23. The number of carbonyl (C=O) groups is 2. The van der Waals surface area contributed by atoms with E-state index >= 15 is 0 Å². The molecule has 1 saturated heterocycles. The number of benzene rings is 1. The van der Waals surface area contributed by atoms with Gasteiger partial charge in [0.25, 0.3) is 5.91 Å². The molecule has 2 unspecified atom stereocenters. The molecule has 2 heterocycles. The third-order valence-corrected chi connectivity index (χ3v) is 7.88. The van der Waals surface area contributed by atoms with Gasteiger partial charge in [-0.15, -0.1) is 11.3 Å². The number of sulfone groups is 1. The summed E-state index contributed by atoms with van der Waals surface area (Å²) in [5, 5.41) is 6.55. The van der Waals surface area contributed by atoms with E-state index in [1.165, 1.54) is 11.3 Å². The zero-order chi connectivity index (χ0) is 18.9. The van der Waals surface area contributed by atoms with Crippen LogP contribution >= 0.6 is 22.9 Å². The van der Waals surface area contributed by atoms with Crippen molar-refractivity contribution in [3.63, 3.8) is 0 Å². The van der Waals surface area contributed by atoms with Gasteiger partial charge in [0.2, 0.25) is 5.91 Å². The molecule has 26 heavy (non-hydrogen) atoms. The molecule has 0 bridgehead atoms. The molecule has 140 valence electrons. The van der Waals surface area contributed by atoms with Gasteiger partial charge in [-0.1, -0.05) is 29.8 Å². The highest BCUT2D eigenvalue weighted by Crippen LogP contribution is 2.35. The minimum absolute atomic E-state index is 0.0658. The summed E-state index contributed by atoms with van der Waals surface area (Å²) >= 11 is 7.56. The molecule has 6 nitrogen and oxygen atoms in total. The maximum absolute atomic E-state index is 12.5. The van der Waals surface area contributed by atoms with Crippen molar-refractivity contribution in [3.8, 4) is 0 Å². The molecule has 0 aliphatic carbocycles. The molecule has 2 aromatic rings. The number of carbonyl (C=O) groups excluding carboxylic acids is 2. The monoisotopic (exact) mass is 414 g/mol. The first-order valence-corrected chi connectivity index (χ1v) is 11.2. The molecule has 0 radical (unpaired) electrons. The highest BCUT2D eigenvalue weighted by atomic mass is 35.5. The predicted octanol–water partition coefficient (Wildman–Crippen LogP) is 2.22. The molecule has 1 aromatic heterocycles. The van der Waals surface area contributed by atoms with Crippen LogP contribution in [0.1, 0.15) is 23.0 Å². The van der Waals surface area contributed by atoms with Crippen molar-refractivity contribution in [2.75, 3.05) is 18.1 Å². The molecule has 2 amide bonds. The molecular formula is C17H19ClN2O4S2. The van der Waals surface area contributed by atoms with Gasteiger partial charge in [-0.25, -0.2) is 8.42 Å². The molecule has 3 rings (SSSR count). The van der Waals surface area contributed by atoms with Crippen molar-refractivity contribution < 1.29 is 18.0 Å². The number of fused-ring (bicyclic) bond motifs is 1. The second kappa shape index (κ2) is 7.54. The van der Waals surface area contributed by atoms with E-state index in [2.05, 4.69) is 10.6 Å². The predicted molar refractivity (Wildman–Crippen MR) is 104 cm³/mol. The Hall–Kier alpha value is -1.64. The number of thiophene rings is 1. The molecular weight excluding hydrogens is 396 g/mol. The summed E-state index contributed by atoms with van der Waals surface area (Å²) in [5.41, 5.74) is 0. The SMILES string of the molecule is CC(NC(=O)c1sc2ccccc2c1Cl)C(=O)NCC1CCS(=O)(=O)C1. The third-order valence-electron chi connectivity index (χ3n) is 4.37. The van der Waals surface area contributed by atoms with Crippen LogP contribution in [-0.2, 0) is 14.6 Å². The van der Waals surface area contributed by atoms with Gasteiger partial charge < -0.3 is 10.6 Å². The van der Waals surface area contributed by atoms with Crippen molar-refractivity contribution in [1.82, 2.24) is 10.6 Å². The Bertz CT molecular complexity index is 955. The summed E-state index contributed by atoms with van der Waals surface area (Å²) in [6.07, 6.45) is 0.556. The molecule has 1 aliphatic heterocycles. The van der Waals surface area contributed by atoms with E-state index in [9.17, 15) is 18.0 Å². The minimum atomic E-state index is -2.97. The van der Waals surface area contributed by atoms with Crippen LogP contribution in [-0.4, -0.2) is 44.3 Å². The van der Waals surface area contributed by atoms with Gasteiger partial charge in [-0.05, 0) is 25.3 Å². The maximum atomic E-state index is 12.5. The fraction of sp³-hybridized carbons (Fsp3) is 0.412. The van der Waals surface area contributed by atoms with Crippen molar-refractivity contribution >= 4 is 54.7 Å². The standard InChI is InChI=1S/C17H19ClN2O4S2/c1-10(16(21)19-8-11-6-7-26(23,24)9-11)20-17(22)15-14(18)12-4-2-3-5-13(12)25-15/h2-5,10-11H,6-9H2,1H3,(H,19,21)(H,20,22). The van der Waals surface area contributed by atoms with Gasteiger partial charge in [0.05, 0.1) is 16.5 Å². The number of amides is 2. The molecule has 0 saturated carbocycles. The Kier molecular flexibility index (Phi) is 5.55. The van der Waals surface area contributed by atoms with Crippen molar-refractivity contribution in [2.45, 2.75) is 19.4 Å². The van der Waals surface area contributed by atoms with E-state index in [0.29, 0.717) is 22.9 Å². The van der Waals surface area contributed by atoms with Crippen molar-refractivity contribution in [1.29, 1.82) is 0 Å². The van der Waals surface area contributed by atoms with E-state index in [4.69, 9.17) is 11.6 Å². The Morgan fingerprint density at radius 2 is 2.08 bits per heavy atom. The quantitative estimate of drug-likeness (QED) is 0.784. The number of hydrogen-bond donors (Lipinski definition) is 2. The number of halogens is 1. The lowest BCUT2D eigenvalue weighted by atomic mass is 10.1. The van der Waals surface area contributed by atoms with E-state index in [0.717, 1.165) is 10.1 Å². The Morgan fingerprint density at radius 1 is 1.35 bits per heavy atom. The molecule has 9 heteroatoms. The molecule has 1 aliphatic rings. The summed E-state index contributed by atoms with van der Waals surface area (Å²) in [5.74, 6) is -0.540. The lowest BCUT2D eigenvalue weighted by Crippen LogP contribution is -2.46. The summed E-state index contributed by atoms with van der Waals surface area (Å²) in [7, 11) is -2.97. The Morgan fingerprint density at radius 3 is 2.73 bits per heavy atom. The van der Waals surface area contributed by atoms with Gasteiger partial charge in [-0.2, -0.15) is 0 Å². The van der Waals surface area contributed by atoms with Crippen LogP contribution in [0.15, 0.2) is 24.3 Å².